The molecule has 0 spiro atoms. The fourth-order valence-electron chi connectivity index (χ4n) is 3.04. The zero-order chi connectivity index (χ0) is 14.8. The topological polar surface area (TPSA) is 60.0 Å². The van der Waals surface area contributed by atoms with Crippen LogP contribution >= 0.6 is 24.0 Å². The minimum Gasteiger partial charge on any atom is -0.330 e. The number of likely N-dealkylation sites (tertiary alicyclic amines) is 1. The Kier molecular flexibility index (Phi) is 5.81. The molecule has 1 aliphatic heterocycles. The van der Waals surface area contributed by atoms with Crippen molar-refractivity contribution in [2.24, 2.45) is 11.7 Å². The van der Waals surface area contributed by atoms with Crippen molar-refractivity contribution < 1.29 is 0 Å². The fourth-order valence-corrected chi connectivity index (χ4v) is 3.21. The highest BCUT2D eigenvalue weighted by molar-refractivity contribution is 6.30. The first kappa shape index (κ1) is 17.2. The second-order valence-corrected chi connectivity index (χ2v) is 6.17. The van der Waals surface area contributed by atoms with Gasteiger partial charge in [0.15, 0.2) is 0 Å². The van der Waals surface area contributed by atoms with Crippen LogP contribution in [0.25, 0.3) is 5.69 Å². The minimum absolute atomic E-state index is 0. The molecule has 1 saturated heterocycles. The maximum atomic E-state index is 6.13. The quantitative estimate of drug-likeness (QED) is 0.928. The van der Waals surface area contributed by atoms with E-state index in [9.17, 15) is 0 Å². The molecule has 5 nitrogen and oxygen atoms in total. The van der Waals surface area contributed by atoms with Crippen LogP contribution in [0.4, 0.5) is 0 Å². The van der Waals surface area contributed by atoms with E-state index in [0.29, 0.717) is 17.0 Å². The Balaban J connectivity index is 0.00000176. The summed E-state index contributed by atoms with van der Waals surface area (Å²) in [7, 11) is 0. The van der Waals surface area contributed by atoms with Crippen molar-refractivity contribution in [2.45, 2.75) is 25.9 Å². The Morgan fingerprint density at radius 3 is 2.86 bits per heavy atom. The molecule has 2 heterocycles. The summed E-state index contributed by atoms with van der Waals surface area (Å²) < 4.78 is 1.77. The average molecular weight is 342 g/mol. The highest BCUT2D eigenvalue weighted by Crippen LogP contribution is 2.27. The molecule has 1 aliphatic rings. The molecule has 120 valence electrons. The van der Waals surface area contributed by atoms with E-state index in [0.717, 1.165) is 25.3 Å². The second kappa shape index (κ2) is 7.42. The molecule has 1 aromatic carbocycles. The van der Waals surface area contributed by atoms with Crippen LogP contribution in [-0.2, 0) is 6.54 Å². The van der Waals surface area contributed by atoms with Crippen molar-refractivity contribution in [2.75, 3.05) is 13.1 Å². The number of rotatable bonds is 4. The van der Waals surface area contributed by atoms with Gasteiger partial charge in [-0.15, -0.1) is 12.4 Å². The Morgan fingerprint density at radius 1 is 1.41 bits per heavy atom. The number of nitrogens with zero attached hydrogens (tertiary/aromatic N) is 4. The summed E-state index contributed by atoms with van der Waals surface area (Å²) in [5.74, 6) is 0.599. The Hall–Kier alpha value is -1.14. The molecule has 22 heavy (non-hydrogen) atoms. The third-order valence-corrected chi connectivity index (χ3v) is 4.45. The molecular weight excluding hydrogens is 321 g/mol. The van der Waals surface area contributed by atoms with Gasteiger partial charge in [-0.2, -0.15) is 5.10 Å². The summed E-state index contributed by atoms with van der Waals surface area (Å²) in [5.41, 5.74) is 8.00. The number of hydrogen-bond acceptors (Lipinski definition) is 4. The lowest BCUT2D eigenvalue weighted by Crippen LogP contribution is -2.28. The zero-order valence-electron chi connectivity index (χ0n) is 12.5. The van der Waals surface area contributed by atoms with Gasteiger partial charge in [-0.1, -0.05) is 17.7 Å². The number of halogens is 2. The smallest absolute Gasteiger partial charge is 0.138 e. The molecule has 0 saturated carbocycles. The lowest BCUT2D eigenvalue weighted by atomic mass is 10.1. The summed E-state index contributed by atoms with van der Waals surface area (Å²) in [6, 6.07) is 6.49. The van der Waals surface area contributed by atoms with Gasteiger partial charge in [0.05, 0.1) is 5.69 Å². The Morgan fingerprint density at radius 2 is 2.23 bits per heavy atom. The molecule has 7 heteroatoms. The van der Waals surface area contributed by atoms with Gasteiger partial charge in [0.1, 0.15) is 12.7 Å². The first-order valence-electron chi connectivity index (χ1n) is 7.25. The van der Waals surface area contributed by atoms with Crippen molar-refractivity contribution in [3.63, 3.8) is 0 Å². The van der Waals surface area contributed by atoms with E-state index in [1.54, 1.807) is 11.0 Å². The molecule has 0 aliphatic carbocycles. The second-order valence-electron chi connectivity index (χ2n) is 5.73. The van der Waals surface area contributed by atoms with Gasteiger partial charge < -0.3 is 5.73 Å². The molecule has 2 atom stereocenters. The first-order valence-corrected chi connectivity index (χ1v) is 7.62. The van der Waals surface area contributed by atoms with E-state index in [1.165, 1.54) is 18.3 Å². The van der Waals surface area contributed by atoms with Crippen LogP contribution in [0.3, 0.4) is 0 Å². The van der Waals surface area contributed by atoms with Crippen LogP contribution in [0.5, 0.6) is 0 Å². The van der Waals surface area contributed by atoms with Crippen molar-refractivity contribution in [1.82, 2.24) is 19.7 Å². The van der Waals surface area contributed by atoms with E-state index in [4.69, 9.17) is 17.3 Å². The lowest BCUT2D eigenvalue weighted by Gasteiger charge is -2.22. The molecule has 0 radical (unpaired) electrons. The summed E-state index contributed by atoms with van der Waals surface area (Å²) >= 11 is 6.13. The monoisotopic (exact) mass is 341 g/mol. The summed E-state index contributed by atoms with van der Waals surface area (Å²) in [6.07, 6.45) is 4.40. The van der Waals surface area contributed by atoms with Crippen LogP contribution < -0.4 is 5.73 Å². The van der Waals surface area contributed by atoms with Gasteiger partial charge in [-0.25, -0.2) is 9.67 Å². The lowest BCUT2D eigenvalue weighted by molar-refractivity contribution is 0.255. The highest BCUT2D eigenvalue weighted by atomic mass is 35.5. The maximum absolute atomic E-state index is 6.13. The van der Waals surface area contributed by atoms with Crippen LogP contribution in [0.2, 0.25) is 5.02 Å². The van der Waals surface area contributed by atoms with E-state index in [-0.39, 0.29) is 12.4 Å². The zero-order valence-corrected chi connectivity index (χ0v) is 14.1. The van der Waals surface area contributed by atoms with E-state index in [2.05, 4.69) is 28.0 Å². The third kappa shape index (κ3) is 3.60. The molecule has 3 rings (SSSR count). The summed E-state index contributed by atoms with van der Waals surface area (Å²) in [6.45, 7) is 4.96. The molecular formula is C15H21Cl2N5. The van der Waals surface area contributed by atoms with Crippen LogP contribution in [0.1, 0.15) is 18.9 Å². The van der Waals surface area contributed by atoms with Crippen LogP contribution in [0, 0.1) is 5.92 Å². The molecule has 2 N–H and O–H groups in total. The summed E-state index contributed by atoms with van der Waals surface area (Å²) in [5, 5.41) is 4.93. The third-order valence-electron chi connectivity index (χ3n) is 4.21. The Bertz CT molecular complexity index is 602. The van der Waals surface area contributed by atoms with Crippen LogP contribution in [-0.4, -0.2) is 38.8 Å². The maximum Gasteiger partial charge on any atom is 0.138 e. The van der Waals surface area contributed by atoms with Gasteiger partial charge in [0.2, 0.25) is 0 Å². The van der Waals surface area contributed by atoms with Gasteiger partial charge >= 0.3 is 0 Å². The number of nitrogens with two attached hydrogens (primary N) is 1. The molecule has 1 aromatic heterocycles. The first-order chi connectivity index (χ1) is 10.2. The SMILES string of the molecule is CC1CC(CN)CN1Cc1ccc(Cl)cc1-n1cncn1.Cl. The Labute approximate surface area is 141 Å². The number of hydrogen-bond donors (Lipinski definition) is 1. The van der Waals surface area contributed by atoms with E-state index >= 15 is 0 Å². The largest absolute Gasteiger partial charge is 0.330 e. The molecule has 1 fully saturated rings. The predicted molar refractivity (Wildman–Crippen MR) is 90.7 cm³/mol. The number of aromatic nitrogens is 3. The molecule has 2 unspecified atom stereocenters. The van der Waals surface area contributed by atoms with Crippen molar-refractivity contribution in [3.8, 4) is 5.69 Å². The standard InChI is InChI=1S/C15H20ClN5.ClH/c1-11-4-12(6-17)7-20(11)8-13-2-3-14(16)5-15(13)21-10-18-9-19-21;/h2-3,5,9-12H,4,6-8,17H2,1H3;1H. The van der Waals surface area contributed by atoms with Gasteiger partial charge in [-0.3, -0.25) is 4.90 Å². The van der Waals surface area contributed by atoms with Gasteiger partial charge in [0, 0.05) is 24.2 Å². The predicted octanol–water partition coefficient (Wildman–Crippen LogP) is 2.51. The van der Waals surface area contributed by atoms with Crippen molar-refractivity contribution >= 4 is 24.0 Å². The van der Waals surface area contributed by atoms with E-state index in [1.807, 2.05) is 12.1 Å². The van der Waals surface area contributed by atoms with Gasteiger partial charge in [-0.05, 0) is 43.5 Å². The summed E-state index contributed by atoms with van der Waals surface area (Å²) in [4.78, 5) is 6.49. The van der Waals surface area contributed by atoms with Gasteiger partial charge in [0.25, 0.3) is 0 Å². The van der Waals surface area contributed by atoms with Crippen molar-refractivity contribution in [3.05, 3.63) is 41.4 Å². The van der Waals surface area contributed by atoms with Crippen LogP contribution in [0.15, 0.2) is 30.9 Å². The van der Waals surface area contributed by atoms with E-state index < -0.39 is 0 Å². The normalized spacial score (nSPS) is 21.8. The molecule has 0 bridgehead atoms. The number of benzene rings is 1. The average Bonchev–Trinajstić information content (AvgIpc) is 3.11. The fraction of sp³-hybridized carbons (Fsp3) is 0.467. The highest BCUT2D eigenvalue weighted by Gasteiger charge is 2.28. The molecule has 0 amide bonds. The minimum atomic E-state index is 0. The van der Waals surface area contributed by atoms with Crippen molar-refractivity contribution in [1.29, 1.82) is 0 Å². The molecule has 2 aromatic rings.